The molecule has 70 valence electrons. The lowest BCUT2D eigenvalue weighted by atomic mass is 10.1. The molecule has 1 aliphatic heterocycles. The second-order valence-electron chi connectivity index (χ2n) is 3.31. The molecule has 1 fully saturated rings. The van der Waals surface area contributed by atoms with Gasteiger partial charge in [-0.1, -0.05) is 24.4 Å². The molecule has 0 aromatic rings. The van der Waals surface area contributed by atoms with Crippen molar-refractivity contribution in [3.63, 3.8) is 0 Å². The zero-order valence-electron chi connectivity index (χ0n) is 7.59. The Hall–Kier alpha value is 1.07. The molecule has 0 bridgehead atoms. The third-order valence-electron chi connectivity index (χ3n) is 2.41. The van der Waals surface area contributed by atoms with Gasteiger partial charge >= 0.3 is 14.5 Å². The van der Waals surface area contributed by atoms with Gasteiger partial charge in [-0.2, -0.15) is 0 Å². The van der Waals surface area contributed by atoms with E-state index in [4.69, 9.17) is 27.0 Å². The van der Waals surface area contributed by atoms with E-state index in [2.05, 4.69) is 13.8 Å². The summed E-state index contributed by atoms with van der Waals surface area (Å²) in [6.45, 7) is 4.29. The van der Waals surface area contributed by atoms with Gasteiger partial charge in [0.25, 0.3) is 0 Å². The van der Waals surface area contributed by atoms with Crippen LogP contribution in [0.25, 0.3) is 0 Å². The Labute approximate surface area is 89.1 Å². The smallest absolute Gasteiger partial charge is 0.462 e. The van der Waals surface area contributed by atoms with Crippen LogP contribution in [0.15, 0.2) is 0 Å². The van der Waals surface area contributed by atoms with Crippen molar-refractivity contribution < 1.29 is 3.79 Å². The molecule has 3 unspecified atom stereocenters. The normalized spacial score (nSPS) is 37.0. The Kier molecular flexibility index (Phi) is 4.72. The molecular weight excluding hydrogens is 210 g/mol. The summed E-state index contributed by atoms with van der Waals surface area (Å²) in [5.41, 5.74) is 0. The molecule has 1 saturated heterocycles. The summed E-state index contributed by atoms with van der Waals surface area (Å²) in [4.78, 5) is 0. The minimum absolute atomic E-state index is 0.0203. The second kappa shape index (κ2) is 5.08. The monoisotopic (exact) mass is 224 g/mol. The number of hydrogen-bond donors (Lipinski definition) is 0. The molecule has 0 aliphatic carbocycles. The van der Waals surface area contributed by atoms with Gasteiger partial charge in [0, 0.05) is 11.5 Å². The summed E-state index contributed by atoms with van der Waals surface area (Å²) >= 11 is 11.3. The fourth-order valence-corrected chi connectivity index (χ4v) is 5.24. The van der Waals surface area contributed by atoms with Crippen molar-refractivity contribution in [3.05, 3.63) is 0 Å². The van der Waals surface area contributed by atoms with E-state index < -0.39 is 14.5 Å². The zero-order chi connectivity index (χ0) is 9.14. The Balaban J connectivity index is 2.52. The van der Waals surface area contributed by atoms with Gasteiger partial charge in [-0.3, -0.25) is 0 Å². The van der Waals surface area contributed by atoms with Crippen molar-refractivity contribution in [2.75, 3.05) is 0 Å². The molecule has 0 saturated carbocycles. The van der Waals surface area contributed by atoms with Crippen LogP contribution in [0.5, 0.6) is 0 Å². The van der Waals surface area contributed by atoms with E-state index in [1.807, 2.05) is 0 Å². The highest BCUT2D eigenvalue weighted by Gasteiger charge is 2.38. The molecule has 0 aromatic carbocycles. The lowest BCUT2D eigenvalue weighted by Gasteiger charge is -2.34. The number of halogens is 2. The molecule has 4 heteroatoms. The maximum absolute atomic E-state index is 6.14. The lowest BCUT2D eigenvalue weighted by molar-refractivity contribution is 0.172. The van der Waals surface area contributed by atoms with Crippen molar-refractivity contribution in [1.82, 2.24) is 0 Å². The van der Waals surface area contributed by atoms with Crippen LogP contribution in [0, 0.1) is 0 Å². The third kappa shape index (κ3) is 2.53. The second-order valence-corrected chi connectivity index (χ2v) is 7.18. The summed E-state index contributed by atoms with van der Waals surface area (Å²) in [5, 5.41) is 2.36. The molecule has 0 radical (unpaired) electrons. The first-order chi connectivity index (χ1) is 5.69. The van der Waals surface area contributed by atoms with Gasteiger partial charge in [0.15, 0.2) is 0 Å². The van der Waals surface area contributed by atoms with E-state index in [0.717, 1.165) is 11.7 Å². The highest BCUT2D eigenvalue weighted by molar-refractivity contribution is 6.54. The average molecular weight is 225 g/mol. The van der Waals surface area contributed by atoms with Gasteiger partial charge in [-0.15, -0.1) is 23.2 Å². The first-order valence-electron chi connectivity index (χ1n) is 4.62. The van der Waals surface area contributed by atoms with Crippen LogP contribution in [-0.2, 0) is 3.79 Å². The van der Waals surface area contributed by atoms with E-state index in [0.29, 0.717) is 0 Å². The minimum atomic E-state index is -0.994. The largest absolute Gasteiger partial charge is 0.497 e. The SMILES string of the molecule is CCC1[O][Al]([CH2]C)[CH2]C(Cl)C1Cl. The molecule has 1 heterocycles. The predicted octanol–water partition coefficient (Wildman–Crippen LogP) is 3.02. The summed E-state index contributed by atoms with van der Waals surface area (Å²) < 4.78 is 5.89. The maximum atomic E-state index is 6.14. The van der Waals surface area contributed by atoms with Crippen molar-refractivity contribution in [2.24, 2.45) is 0 Å². The molecule has 0 aromatic heterocycles. The van der Waals surface area contributed by atoms with Crippen molar-refractivity contribution in [2.45, 2.75) is 47.7 Å². The quantitative estimate of drug-likeness (QED) is 0.518. The molecule has 0 amide bonds. The fourth-order valence-electron chi connectivity index (χ4n) is 1.58. The number of rotatable bonds is 2. The zero-order valence-corrected chi connectivity index (χ0v) is 10.3. The van der Waals surface area contributed by atoms with Crippen LogP contribution in [-0.4, -0.2) is 31.3 Å². The number of hydrogen-bond acceptors (Lipinski definition) is 1. The molecule has 3 atom stereocenters. The fraction of sp³-hybridized carbons (Fsp3) is 1.00. The van der Waals surface area contributed by atoms with Gasteiger partial charge in [0.05, 0.1) is 5.38 Å². The van der Waals surface area contributed by atoms with Gasteiger partial charge in [-0.05, 0) is 6.42 Å². The van der Waals surface area contributed by atoms with Crippen LogP contribution < -0.4 is 0 Å². The topological polar surface area (TPSA) is 9.23 Å². The molecule has 12 heavy (non-hydrogen) atoms. The van der Waals surface area contributed by atoms with Crippen molar-refractivity contribution >= 4 is 37.7 Å². The summed E-state index contributed by atoms with van der Waals surface area (Å²) in [6.07, 6.45) is 1.19. The van der Waals surface area contributed by atoms with E-state index >= 15 is 0 Å². The Morgan fingerprint density at radius 1 is 1.42 bits per heavy atom. The van der Waals surface area contributed by atoms with Crippen LogP contribution in [0.3, 0.4) is 0 Å². The molecule has 0 spiro atoms. The van der Waals surface area contributed by atoms with Crippen molar-refractivity contribution in [3.8, 4) is 0 Å². The number of alkyl halides is 2. The van der Waals surface area contributed by atoms with E-state index in [9.17, 15) is 0 Å². The predicted molar refractivity (Wildman–Crippen MR) is 55.5 cm³/mol. The first-order valence-corrected chi connectivity index (χ1v) is 7.60. The van der Waals surface area contributed by atoms with Crippen LogP contribution in [0.2, 0.25) is 10.6 Å². The first kappa shape index (κ1) is 11.1. The standard InChI is InChI=1S/C6H10Cl2O.C2H5.Al/c1-3-5(9)6(8)4(2)7;1-2;/h4-6H,2-3H2,1H3;1H2,2H3;/q-1;;+1. The lowest BCUT2D eigenvalue weighted by Crippen LogP contribution is -2.44. The van der Waals surface area contributed by atoms with Crippen LogP contribution in [0.1, 0.15) is 20.3 Å². The summed E-state index contributed by atoms with van der Waals surface area (Å²) in [6, 6.07) is 0. The molecule has 0 N–H and O–H groups in total. The molecular formula is C8H15AlCl2O. The van der Waals surface area contributed by atoms with Gasteiger partial charge in [0.2, 0.25) is 0 Å². The Bertz CT molecular complexity index is 145. The van der Waals surface area contributed by atoms with E-state index in [1.165, 1.54) is 5.28 Å². The van der Waals surface area contributed by atoms with Crippen LogP contribution in [0.4, 0.5) is 0 Å². The average Bonchev–Trinajstić information content (AvgIpc) is 2.09. The Morgan fingerprint density at radius 3 is 2.58 bits per heavy atom. The summed E-state index contributed by atoms with van der Waals surface area (Å²) in [5.74, 6) is 0. The molecule has 1 aliphatic rings. The highest BCUT2D eigenvalue weighted by atomic mass is 35.5. The van der Waals surface area contributed by atoms with Gasteiger partial charge < -0.3 is 3.79 Å². The van der Waals surface area contributed by atoms with Crippen LogP contribution >= 0.6 is 23.2 Å². The maximum Gasteiger partial charge on any atom is 0.462 e. The van der Waals surface area contributed by atoms with Crippen molar-refractivity contribution in [1.29, 1.82) is 0 Å². The van der Waals surface area contributed by atoms with Gasteiger partial charge in [-0.25, -0.2) is 0 Å². The molecule has 1 rings (SSSR count). The minimum Gasteiger partial charge on any atom is -0.497 e. The van der Waals surface area contributed by atoms with E-state index in [1.54, 1.807) is 0 Å². The highest BCUT2D eigenvalue weighted by Crippen LogP contribution is 2.30. The summed E-state index contributed by atoms with van der Waals surface area (Å²) in [7, 11) is 0. The third-order valence-corrected chi connectivity index (χ3v) is 6.56. The van der Waals surface area contributed by atoms with Gasteiger partial charge in [0.1, 0.15) is 0 Å². The van der Waals surface area contributed by atoms with E-state index in [-0.39, 0.29) is 16.9 Å². The molecule has 1 nitrogen and oxygen atoms in total. The Morgan fingerprint density at radius 2 is 2.08 bits per heavy atom.